The predicted octanol–water partition coefficient (Wildman–Crippen LogP) is 2.57. The van der Waals surface area contributed by atoms with Crippen LogP contribution < -0.4 is 5.48 Å². The highest BCUT2D eigenvalue weighted by Gasteiger charge is 2.43. The lowest BCUT2D eigenvalue weighted by atomic mass is 9.87. The number of amides is 1. The molecule has 0 aliphatic carbocycles. The summed E-state index contributed by atoms with van der Waals surface area (Å²) in [6.45, 7) is 7.97. The van der Waals surface area contributed by atoms with E-state index in [2.05, 4.69) is 43.2 Å². The number of thioether (sulfide) groups is 1. The summed E-state index contributed by atoms with van der Waals surface area (Å²) in [4.78, 5) is 13.1. The number of sulfone groups is 1. The Morgan fingerprint density at radius 1 is 1.24 bits per heavy atom. The number of hydrogen-bond acceptors (Lipinski definition) is 7. The van der Waals surface area contributed by atoms with Gasteiger partial charge in [0.25, 0.3) is 5.91 Å². The van der Waals surface area contributed by atoms with Crippen LogP contribution in [0.4, 0.5) is 0 Å². The second-order valence-electron chi connectivity index (χ2n) is 8.20. The minimum atomic E-state index is -3.74. The van der Waals surface area contributed by atoms with E-state index in [-0.39, 0.29) is 18.4 Å². The Hall–Kier alpha value is -1.91. The molecule has 8 nitrogen and oxygen atoms in total. The Labute approximate surface area is 176 Å². The van der Waals surface area contributed by atoms with Crippen molar-refractivity contribution in [3.05, 3.63) is 41.7 Å². The Bertz CT molecular complexity index is 967. The Morgan fingerprint density at radius 2 is 1.90 bits per heavy atom. The van der Waals surface area contributed by atoms with E-state index in [1.807, 2.05) is 12.1 Å². The molecule has 0 spiro atoms. The molecule has 10 heteroatoms. The molecule has 1 amide bonds. The molecule has 2 N–H and O–H groups in total. The van der Waals surface area contributed by atoms with E-state index in [1.54, 1.807) is 18.0 Å². The highest BCUT2D eigenvalue weighted by molar-refractivity contribution is 7.98. The molecule has 1 atom stereocenters. The van der Waals surface area contributed by atoms with Crippen molar-refractivity contribution in [2.45, 2.75) is 61.5 Å². The number of aromatic nitrogens is 3. The van der Waals surface area contributed by atoms with Crippen LogP contribution in [0.2, 0.25) is 0 Å². The summed E-state index contributed by atoms with van der Waals surface area (Å²) in [7, 11) is -3.74. The second-order valence-corrected chi connectivity index (χ2v) is 11.7. The minimum absolute atomic E-state index is 0.0323. The molecule has 0 fully saturated rings. The summed E-state index contributed by atoms with van der Waals surface area (Å²) in [6.07, 6.45) is 2.67. The normalized spacial score (nSPS) is 14.4. The molecular weight excluding hydrogens is 412 g/mol. The fourth-order valence-electron chi connectivity index (χ4n) is 2.79. The van der Waals surface area contributed by atoms with Gasteiger partial charge in [-0.2, -0.15) is 0 Å². The fraction of sp³-hybridized carbons (Fsp3) is 0.526. The van der Waals surface area contributed by atoms with Gasteiger partial charge in [0.2, 0.25) is 0 Å². The molecule has 1 aromatic heterocycles. The molecule has 1 aromatic carbocycles. The molecule has 0 aliphatic heterocycles. The van der Waals surface area contributed by atoms with E-state index >= 15 is 0 Å². The monoisotopic (exact) mass is 440 g/mol. The Kier molecular flexibility index (Phi) is 7.13. The molecule has 0 bridgehead atoms. The largest absolute Gasteiger partial charge is 0.289 e. The van der Waals surface area contributed by atoms with E-state index in [1.165, 1.54) is 27.5 Å². The van der Waals surface area contributed by atoms with Crippen LogP contribution in [0.3, 0.4) is 0 Å². The quantitative estimate of drug-likeness (QED) is 0.368. The summed E-state index contributed by atoms with van der Waals surface area (Å²) in [5.74, 6) is -0.345. The summed E-state index contributed by atoms with van der Waals surface area (Å²) in [5.41, 5.74) is 3.49. The number of nitrogens with one attached hydrogen (secondary N) is 1. The van der Waals surface area contributed by atoms with Crippen LogP contribution in [0.15, 0.2) is 35.4 Å². The zero-order valence-corrected chi connectivity index (χ0v) is 19.0. The van der Waals surface area contributed by atoms with Gasteiger partial charge in [-0.15, -0.1) is 16.9 Å². The highest BCUT2D eigenvalue weighted by Crippen LogP contribution is 2.33. The van der Waals surface area contributed by atoms with Crippen LogP contribution in [0.1, 0.15) is 45.4 Å². The van der Waals surface area contributed by atoms with Gasteiger partial charge in [-0.25, -0.2) is 13.9 Å². The summed E-state index contributed by atoms with van der Waals surface area (Å²) < 4.78 is 23.8. The first-order valence-corrected chi connectivity index (χ1v) is 12.0. The van der Waals surface area contributed by atoms with Gasteiger partial charge in [0.15, 0.2) is 14.6 Å². The standard InChI is InChI=1S/C19H28N4O4S2/c1-18(2,3)15-8-6-7-9-16(15)28-13-14-12-23(22-20-14)11-10-19(4,17(24)21-25)29(5,26)27/h6-9,12,25H,10-11,13H2,1-5H3,(H,21,24). The van der Waals surface area contributed by atoms with Gasteiger partial charge in [0.05, 0.1) is 5.69 Å². The number of hydroxylamine groups is 1. The molecular formula is C19H28N4O4S2. The molecule has 0 aliphatic rings. The third-order valence-corrected chi connectivity index (χ3v) is 8.01. The molecule has 0 saturated heterocycles. The van der Waals surface area contributed by atoms with Crippen LogP contribution in [-0.2, 0) is 32.3 Å². The summed E-state index contributed by atoms with van der Waals surface area (Å²) in [5, 5.41) is 17.1. The zero-order chi connectivity index (χ0) is 21.9. The zero-order valence-electron chi connectivity index (χ0n) is 17.3. The van der Waals surface area contributed by atoms with E-state index < -0.39 is 20.5 Å². The topological polar surface area (TPSA) is 114 Å². The molecule has 2 aromatic rings. The van der Waals surface area contributed by atoms with Gasteiger partial charge in [-0.05, 0) is 30.4 Å². The third kappa shape index (κ3) is 5.58. The smallest absolute Gasteiger partial charge is 0.264 e. The molecule has 0 saturated carbocycles. The molecule has 160 valence electrons. The summed E-state index contributed by atoms with van der Waals surface area (Å²) >= 11 is 1.67. The number of benzene rings is 1. The van der Waals surface area contributed by atoms with Crippen LogP contribution in [-0.4, -0.2) is 45.5 Å². The lowest BCUT2D eigenvalue weighted by Gasteiger charge is -2.24. The van der Waals surface area contributed by atoms with Crippen LogP contribution >= 0.6 is 11.8 Å². The van der Waals surface area contributed by atoms with Crippen molar-refractivity contribution in [3.8, 4) is 0 Å². The van der Waals surface area contributed by atoms with E-state index in [0.29, 0.717) is 5.75 Å². The van der Waals surface area contributed by atoms with Crippen molar-refractivity contribution in [1.29, 1.82) is 0 Å². The number of hydrogen-bond donors (Lipinski definition) is 2. The molecule has 29 heavy (non-hydrogen) atoms. The Balaban J connectivity index is 2.06. The van der Waals surface area contributed by atoms with Gasteiger partial charge in [-0.1, -0.05) is 44.2 Å². The predicted molar refractivity (Wildman–Crippen MR) is 113 cm³/mol. The van der Waals surface area contributed by atoms with Crippen molar-refractivity contribution in [2.75, 3.05) is 6.26 Å². The molecule has 1 heterocycles. The second kappa shape index (κ2) is 8.85. The minimum Gasteiger partial charge on any atom is -0.289 e. The van der Waals surface area contributed by atoms with Crippen molar-refractivity contribution in [3.63, 3.8) is 0 Å². The van der Waals surface area contributed by atoms with Crippen molar-refractivity contribution in [1.82, 2.24) is 20.5 Å². The van der Waals surface area contributed by atoms with Crippen LogP contribution in [0.5, 0.6) is 0 Å². The molecule has 0 radical (unpaired) electrons. The van der Waals surface area contributed by atoms with Crippen molar-refractivity contribution >= 4 is 27.5 Å². The van der Waals surface area contributed by atoms with Crippen molar-refractivity contribution < 1.29 is 18.4 Å². The first-order valence-electron chi connectivity index (χ1n) is 9.14. The van der Waals surface area contributed by atoms with E-state index in [0.717, 1.165) is 11.9 Å². The lowest BCUT2D eigenvalue weighted by Crippen LogP contribution is -2.49. The van der Waals surface area contributed by atoms with Gasteiger partial charge in [0.1, 0.15) is 0 Å². The van der Waals surface area contributed by atoms with E-state index in [9.17, 15) is 13.2 Å². The Morgan fingerprint density at radius 3 is 2.48 bits per heavy atom. The van der Waals surface area contributed by atoms with E-state index in [4.69, 9.17) is 5.21 Å². The fourth-order valence-corrected chi connectivity index (χ4v) is 4.78. The maximum Gasteiger partial charge on any atom is 0.264 e. The van der Waals surface area contributed by atoms with Crippen molar-refractivity contribution in [2.24, 2.45) is 0 Å². The van der Waals surface area contributed by atoms with Gasteiger partial charge >= 0.3 is 0 Å². The molecule has 2 rings (SSSR count). The van der Waals surface area contributed by atoms with Crippen LogP contribution in [0.25, 0.3) is 0 Å². The number of aryl methyl sites for hydroxylation is 1. The number of carbonyl (C=O) groups excluding carboxylic acids is 1. The lowest BCUT2D eigenvalue weighted by molar-refractivity contribution is -0.131. The molecule has 1 unspecified atom stereocenters. The first-order chi connectivity index (χ1) is 13.4. The third-order valence-electron chi connectivity index (χ3n) is 4.87. The average Bonchev–Trinajstić information content (AvgIpc) is 3.10. The average molecular weight is 441 g/mol. The highest BCUT2D eigenvalue weighted by atomic mass is 32.2. The number of rotatable bonds is 8. The SMILES string of the molecule is CC(C)(C)c1ccccc1SCc1cn(CCC(C)(C(=O)NO)S(C)(=O)=O)nn1. The maximum atomic E-state index is 12.0. The van der Waals surface area contributed by atoms with Crippen LogP contribution in [0, 0.1) is 0 Å². The first kappa shape index (κ1) is 23.4. The summed E-state index contributed by atoms with van der Waals surface area (Å²) in [6, 6.07) is 8.24. The number of carbonyl (C=O) groups is 1. The van der Waals surface area contributed by atoms with Gasteiger partial charge in [0, 0.05) is 29.6 Å². The van der Waals surface area contributed by atoms with Gasteiger partial charge in [-0.3, -0.25) is 14.7 Å². The maximum absolute atomic E-state index is 12.0. The van der Waals surface area contributed by atoms with Gasteiger partial charge < -0.3 is 0 Å². The number of nitrogens with zero attached hydrogens (tertiary/aromatic N) is 3.